The molecule has 1 aliphatic heterocycles. The second-order valence-corrected chi connectivity index (χ2v) is 8.49. The van der Waals surface area contributed by atoms with Crippen molar-refractivity contribution in [3.8, 4) is 11.5 Å². The number of nitrogens with zero attached hydrogens (tertiary/aromatic N) is 1. The van der Waals surface area contributed by atoms with E-state index < -0.39 is 5.91 Å². The van der Waals surface area contributed by atoms with Gasteiger partial charge in [-0.15, -0.1) is 0 Å². The average Bonchev–Trinajstić information content (AvgIpc) is 2.81. The Morgan fingerprint density at radius 2 is 1.91 bits per heavy atom. The van der Waals surface area contributed by atoms with Crippen molar-refractivity contribution >= 4 is 51.1 Å². The van der Waals surface area contributed by atoms with Crippen LogP contribution in [0.1, 0.15) is 11.1 Å². The first-order valence-corrected chi connectivity index (χ1v) is 11.3. The van der Waals surface area contributed by atoms with E-state index in [9.17, 15) is 9.59 Å². The molecule has 4 rings (SSSR count). The van der Waals surface area contributed by atoms with E-state index in [2.05, 4.69) is 21.2 Å². The third-order valence-corrected chi connectivity index (χ3v) is 6.03. The van der Waals surface area contributed by atoms with Crippen LogP contribution >= 0.6 is 27.5 Å². The number of amides is 2. The van der Waals surface area contributed by atoms with Gasteiger partial charge in [-0.3, -0.25) is 14.5 Å². The molecular weight excluding hydrogens is 508 g/mol. The number of carbonyl (C=O) groups excluding carboxylic acids is 2. The molecule has 168 valence electrons. The fourth-order valence-corrected chi connectivity index (χ4v) is 4.14. The molecule has 1 heterocycles. The standard InChI is InChI=1S/C25H20BrClN2O4/c1-32-21-11-10-16(12-18(21)26)13-23-25(31)29(20-8-4-5-9-22(20)33-23)15-24(30)28-14-17-6-2-3-7-19(17)27/h2-13H,14-15H2,1H3,(H,28,30). The lowest BCUT2D eigenvalue weighted by molar-refractivity contribution is -0.123. The number of benzene rings is 3. The van der Waals surface area contributed by atoms with E-state index in [0.29, 0.717) is 22.2 Å². The molecule has 0 radical (unpaired) electrons. The molecule has 0 unspecified atom stereocenters. The van der Waals surface area contributed by atoms with Gasteiger partial charge in [-0.25, -0.2) is 0 Å². The van der Waals surface area contributed by atoms with E-state index in [1.807, 2.05) is 36.4 Å². The van der Waals surface area contributed by atoms with Gasteiger partial charge in [0.05, 0.1) is 17.3 Å². The molecule has 33 heavy (non-hydrogen) atoms. The molecule has 0 atom stereocenters. The third-order valence-electron chi connectivity index (χ3n) is 5.04. The molecule has 6 nitrogen and oxygen atoms in total. The number of fused-ring (bicyclic) bond motifs is 1. The minimum atomic E-state index is -0.409. The summed E-state index contributed by atoms with van der Waals surface area (Å²) >= 11 is 9.61. The number of ether oxygens (including phenoxy) is 2. The second kappa shape index (κ2) is 10.1. The quantitative estimate of drug-likeness (QED) is 0.448. The van der Waals surface area contributed by atoms with E-state index in [1.54, 1.807) is 43.5 Å². The van der Waals surface area contributed by atoms with Crippen LogP contribution < -0.4 is 19.7 Å². The highest BCUT2D eigenvalue weighted by molar-refractivity contribution is 9.10. The van der Waals surface area contributed by atoms with E-state index in [1.165, 1.54) is 4.90 Å². The van der Waals surface area contributed by atoms with Crippen LogP contribution in [0.3, 0.4) is 0 Å². The monoisotopic (exact) mass is 526 g/mol. The van der Waals surface area contributed by atoms with Crippen LogP contribution in [0.4, 0.5) is 5.69 Å². The highest BCUT2D eigenvalue weighted by Crippen LogP contribution is 2.36. The molecule has 0 aliphatic carbocycles. The van der Waals surface area contributed by atoms with Gasteiger partial charge in [0.1, 0.15) is 12.3 Å². The van der Waals surface area contributed by atoms with Gasteiger partial charge in [-0.1, -0.05) is 48.0 Å². The molecule has 0 aromatic heterocycles. The first kappa shape index (κ1) is 22.9. The van der Waals surface area contributed by atoms with Gasteiger partial charge >= 0.3 is 0 Å². The Hall–Kier alpha value is -3.29. The Morgan fingerprint density at radius 3 is 2.67 bits per heavy atom. The van der Waals surface area contributed by atoms with Gasteiger partial charge in [0.25, 0.3) is 5.91 Å². The van der Waals surface area contributed by atoms with E-state index in [0.717, 1.165) is 15.6 Å². The van der Waals surface area contributed by atoms with Crippen LogP contribution in [0.15, 0.2) is 77.0 Å². The SMILES string of the molecule is COc1ccc(C=C2Oc3ccccc3N(CC(=O)NCc3ccccc3Cl)C2=O)cc1Br. The van der Waals surface area contributed by atoms with Gasteiger partial charge in [0.15, 0.2) is 11.5 Å². The fourth-order valence-electron chi connectivity index (χ4n) is 3.38. The summed E-state index contributed by atoms with van der Waals surface area (Å²) in [7, 11) is 1.58. The lowest BCUT2D eigenvalue weighted by atomic mass is 10.1. The Labute approximate surface area is 204 Å². The molecule has 0 bridgehead atoms. The Balaban J connectivity index is 1.56. The lowest BCUT2D eigenvalue weighted by Crippen LogP contribution is -2.44. The maximum absolute atomic E-state index is 13.3. The number of para-hydroxylation sites is 2. The summed E-state index contributed by atoms with van der Waals surface area (Å²) in [4.78, 5) is 27.4. The molecule has 8 heteroatoms. The van der Waals surface area contributed by atoms with Crippen LogP contribution in [0, 0.1) is 0 Å². The van der Waals surface area contributed by atoms with Gasteiger partial charge in [0.2, 0.25) is 5.91 Å². The highest BCUT2D eigenvalue weighted by atomic mass is 79.9. The van der Waals surface area contributed by atoms with Crippen LogP contribution in [0.5, 0.6) is 11.5 Å². The summed E-state index contributed by atoms with van der Waals surface area (Å²) in [5, 5.41) is 3.40. The lowest BCUT2D eigenvalue weighted by Gasteiger charge is -2.30. The first-order chi connectivity index (χ1) is 16.0. The summed E-state index contributed by atoms with van der Waals surface area (Å²) in [6.45, 7) is 0.106. The van der Waals surface area contributed by atoms with Gasteiger partial charge in [-0.2, -0.15) is 0 Å². The number of anilines is 1. The van der Waals surface area contributed by atoms with E-state index in [-0.39, 0.29) is 24.8 Å². The van der Waals surface area contributed by atoms with Crippen molar-refractivity contribution in [2.75, 3.05) is 18.6 Å². The Morgan fingerprint density at radius 1 is 1.15 bits per heavy atom. The van der Waals surface area contributed by atoms with Crippen molar-refractivity contribution in [2.45, 2.75) is 6.54 Å². The largest absolute Gasteiger partial charge is 0.496 e. The molecule has 1 aliphatic rings. The van der Waals surface area contributed by atoms with E-state index >= 15 is 0 Å². The Bertz CT molecular complexity index is 1240. The Kier molecular flexibility index (Phi) is 7.01. The highest BCUT2D eigenvalue weighted by Gasteiger charge is 2.31. The zero-order chi connectivity index (χ0) is 23.4. The molecular formula is C25H20BrClN2O4. The van der Waals surface area contributed by atoms with Crippen LogP contribution in [-0.4, -0.2) is 25.5 Å². The van der Waals surface area contributed by atoms with Crippen molar-refractivity contribution in [1.82, 2.24) is 5.32 Å². The molecule has 0 saturated heterocycles. The van der Waals surface area contributed by atoms with Crippen LogP contribution in [0.25, 0.3) is 6.08 Å². The van der Waals surface area contributed by atoms with Gasteiger partial charge in [0, 0.05) is 11.6 Å². The zero-order valence-corrected chi connectivity index (χ0v) is 20.0. The maximum Gasteiger partial charge on any atom is 0.294 e. The molecule has 2 amide bonds. The molecule has 3 aromatic rings. The summed E-state index contributed by atoms with van der Waals surface area (Å²) in [5.74, 6) is 0.565. The number of hydrogen-bond acceptors (Lipinski definition) is 4. The number of rotatable bonds is 6. The number of nitrogens with one attached hydrogen (secondary N) is 1. The molecule has 0 saturated carbocycles. The zero-order valence-electron chi connectivity index (χ0n) is 17.7. The predicted molar refractivity (Wildman–Crippen MR) is 131 cm³/mol. The summed E-state index contributed by atoms with van der Waals surface area (Å²) in [6.07, 6.45) is 1.64. The third kappa shape index (κ3) is 5.21. The first-order valence-electron chi connectivity index (χ1n) is 10.1. The van der Waals surface area contributed by atoms with Crippen molar-refractivity contribution in [3.05, 3.63) is 93.1 Å². The maximum atomic E-state index is 13.3. The minimum absolute atomic E-state index is 0.115. The van der Waals surface area contributed by atoms with Gasteiger partial charge in [-0.05, 0) is 63.5 Å². The molecule has 0 fully saturated rings. The number of methoxy groups -OCH3 is 1. The van der Waals surface area contributed by atoms with Gasteiger partial charge < -0.3 is 14.8 Å². The average molecular weight is 528 g/mol. The van der Waals surface area contributed by atoms with Crippen molar-refractivity contribution < 1.29 is 19.1 Å². The summed E-state index contributed by atoms with van der Waals surface area (Å²) in [6, 6.07) is 19.8. The summed E-state index contributed by atoms with van der Waals surface area (Å²) in [5.41, 5.74) is 2.07. The van der Waals surface area contributed by atoms with Crippen LogP contribution in [-0.2, 0) is 16.1 Å². The predicted octanol–water partition coefficient (Wildman–Crippen LogP) is 5.19. The molecule has 3 aromatic carbocycles. The van der Waals surface area contributed by atoms with Crippen molar-refractivity contribution in [1.29, 1.82) is 0 Å². The van der Waals surface area contributed by atoms with E-state index in [4.69, 9.17) is 21.1 Å². The number of hydrogen-bond donors (Lipinski definition) is 1. The van der Waals surface area contributed by atoms with Crippen LogP contribution in [0.2, 0.25) is 5.02 Å². The minimum Gasteiger partial charge on any atom is -0.496 e. The summed E-state index contributed by atoms with van der Waals surface area (Å²) < 4.78 is 11.9. The topological polar surface area (TPSA) is 67.9 Å². The normalized spacial score (nSPS) is 14.0. The number of carbonyl (C=O) groups is 2. The number of halogens is 2. The smallest absolute Gasteiger partial charge is 0.294 e. The second-order valence-electron chi connectivity index (χ2n) is 7.23. The fraction of sp³-hybridized carbons (Fsp3) is 0.120. The molecule has 1 N–H and O–H groups in total. The van der Waals surface area contributed by atoms with Crippen molar-refractivity contribution in [3.63, 3.8) is 0 Å². The van der Waals surface area contributed by atoms with Crippen molar-refractivity contribution in [2.24, 2.45) is 0 Å². The molecule has 0 spiro atoms.